The molecule has 1 saturated heterocycles. The van der Waals surface area contributed by atoms with Crippen LogP contribution in [0.25, 0.3) is 0 Å². The maximum atomic E-state index is 12.2. The SMILES string of the molecule is O=C(NC[C@H]1CCN(Cc2cccnc2)C1)c1cc(Cl)cc(Cl)c1. The van der Waals surface area contributed by atoms with Crippen LogP contribution < -0.4 is 5.32 Å². The van der Waals surface area contributed by atoms with Crippen molar-refractivity contribution in [2.45, 2.75) is 13.0 Å². The maximum absolute atomic E-state index is 12.2. The first kappa shape index (κ1) is 17.2. The number of carbonyl (C=O) groups is 1. The smallest absolute Gasteiger partial charge is 0.251 e. The van der Waals surface area contributed by atoms with Crippen LogP contribution in [-0.4, -0.2) is 35.4 Å². The molecule has 0 saturated carbocycles. The highest BCUT2D eigenvalue weighted by molar-refractivity contribution is 6.35. The van der Waals surface area contributed by atoms with Crippen molar-refractivity contribution in [1.82, 2.24) is 15.2 Å². The van der Waals surface area contributed by atoms with Crippen LogP contribution in [0.1, 0.15) is 22.3 Å². The summed E-state index contributed by atoms with van der Waals surface area (Å²) in [4.78, 5) is 18.8. The highest BCUT2D eigenvalue weighted by Crippen LogP contribution is 2.20. The average Bonchev–Trinajstić information content (AvgIpc) is 3.00. The summed E-state index contributed by atoms with van der Waals surface area (Å²) in [5, 5.41) is 3.92. The van der Waals surface area contributed by atoms with E-state index >= 15 is 0 Å². The molecule has 1 atom stereocenters. The van der Waals surface area contributed by atoms with E-state index in [4.69, 9.17) is 23.2 Å². The Morgan fingerprint density at radius 3 is 2.79 bits per heavy atom. The summed E-state index contributed by atoms with van der Waals surface area (Å²) in [6.07, 6.45) is 4.77. The Balaban J connectivity index is 1.48. The van der Waals surface area contributed by atoms with Crippen LogP contribution in [0.5, 0.6) is 0 Å². The molecule has 0 bridgehead atoms. The van der Waals surface area contributed by atoms with Crippen molar-refractivity contribution >= 4 is 29.1 Å². The van der Waals surface area contributed by atoms with E-state index in [1.165, 1.54) is 5.56 Å². The standard InChI is InChI=1S/C18H19Cl2N3O/c19-16-6-15(7-17(20)8-16)18(24)22-10-14-3-5-23(12-14)11-13-2-1-4-21-9-13/h1-2,4,6-9,14H,3,5,10-12H2,(H,22,24)/t14-/m1/s1. The van der Waals surface area contributed by atoms with Crippen LogP contribution in [0, 0.1) is 5.92 Å². The quantitative estimate of drug-likeness (QED) is 0.881. The molecule has 1 aromatic heterocycles. The molecule has 126 valence electrons. The second-order valence-corrected chi connectivity index (χ2v) is 6.99. The third kappa shape index (κ3) is 4.69. The van der Waals surface area contributed by atoms with E-state index < -0.39 is 0 Å². The van der Waals surface area contributed by atoms with Crippen molar-refractivity contribution in [2.75, 3.05) is 19.6 Å². The molecular weight excluding hydrogens is 345 g/mol. The number of amides is 1. The van der Waals surface area contributed by atoms with Crippen molar-refractivity contribution in [2.24, 2.45) is 5.92 Å². The Hall–Kier alpha value is -1.62. The first-order valence-corrected chi connectivity index (χ1v) is 8.71. The predicted molar refractivity (Wildman–Crippen MR) is 96.4 cm³/mol. The lowest BCUT2D eigenvalue weighted by atomic mass is 10.1. The van der Waals surface area contributed by atoms with Gasteiger partial charge in [-0.05, 0) is 48.7 Å². The molecule has 1 aliphatic rings. The molecule has 24 heavy (non-hydrogen) atoms. The van der Waals surface area contributed by atoms with Gasteiger partial charge in [-0.1, -0.05) is 29.3 Å². The molecule has 2 heterocycles. The summed E-state index contributed by atoms with van der Waals surface area (Å²) in [7, 11) is 0. The second-order valence-electron chi connectivity index (χ2n) is 6.12. The highest BCUT2D eigenvalue weighted by Gasteiger charge is 2.23. The summed E-state index contributed by atoms with van der Waals surface area (Å²) in [5.41, 5.74) is 1.72. The molecule has 0 radical (unpaired) electrons. The van der Waals surface area contributed by atoms with Crippen molar-refractivity contribution in [3.63, 3.8) is 0 Å². The van der Waals surface area contributed by atoms with Crippen LogP contribution in [-0.2, 0) is 6.54 Å². The Labute approximate surface area is 151 Å². The normalized spacial score (nSPS) is 17.8. The average molecular weight is 364 g/mol. The fraction of sp³-hybridized carbons (Fsp3) is 0.333. The lowest BCUT2D eigenvalue weighted by molar-refractivity contribution is 0.0947. The van der Waals surface area contributed by atoms with Crippen LogP contribution in [0.3, 0.4) is 0 Å². The number of rotatable bonds is 5. The molecule has 3 rings (SSSR count). The van der Waals surface area contributed by atoms with Crippen molar-refractivity contribution < 1.29 is 4.79 Å². The fourth-order valence-electron chi connectivity index (χ4n) is 3.00. The van der Waals surface area contributed by atoms with Crippen molar-refractivity contribution in [1.29, 1.82) is 0 Å². The van der Waals surface area contributed by atoms with Crippen molar-refractivity contribution in [3.8, 4) is 0 Å². The van der Waals surface area contributed by atoms with Gasteiger partial charge in [0.2, 0.25) is 0 Å². The van der Waals surface area contributed by atoms with Gasteiger partial charge in [-0.2, -0.15) is 0 Å². The zero-order chi connectivity index (χ0) is 16.9. The number of pyridine rings is 1. The summed E-state index contributed by atoms with van der Waals surface area (Å²) in [5.74, 6) is 0.324. The van der Waals surface area contributed by atoms with E-state index in [0.29, 0.717) is 28.1 Å². The molecule has 1 aliphatic heterocycles. The zero-order valence-electron chi connectivity index (χ0n) is 13.2. The van der Waals surface area contributed by atoms with E-state index in [1.807, 2.05) is 12.3 Å². The second kappa shape index (κ2) is 7.97. The van der Waals surface area contributed by atoms with Gasteiger partial charge in [0, 0.05) is 47.6 Å². The van der Waals surface area contributed by atoms with Gasteiger partial charge in [-0.25, -0.2) is 0 Å². The number of nitrogens with zero attached hydrogens (tertiary/aromatic N) is 2. The zero-order valence-corrected chi connectivity index (χ0v) is 14.7. The van der Waals surface area contributed by atoms with E-state index in [-0.39, 0.29) is 5.91 Å². The van der Waals surface area contributed by atoms with E-state index in [0.717, 1.165) is 26.1 Å². The van der Waals surface area contributed by atoms with E-state index in [1.54, 1.807) is 24.4 Å². The molecule has 1 fully saturated rings. The molecule has 0 unspecified atom stereocenters. The highest BCUT2D eigenvalue weighted by atomic mass is 35.5. The molecule has 0 spiro atoms. The lowest BCUT2D eigenvalue weighted by Crippen LogP contribution is -2.31. The summed E-state index contributed by atoms with van der Waals surface area (Å²) < 4.78 is 0. The molecule has 1 amide bonds. The van der Waals surface area contributed by atoms with Gasteiger partial charge in [-0.3, -0.25) is 14.7 Å². The van der Waals surface area contributed by atoms with Gasteiger partial charge in [0.05, 0.1) is 0 Å². The summed E-state index contributed by atoms with van der Waals surface area (Å²) >= 11 is 11.9. The van der Waals surface area contributed by atoms with Gasteiger partial charge in [0.25, 0.3) is 5.91 Å². The minimum Gasteiger partial charge on any atom is -0.352 e. The molecular formula is C18H19Cl2N3O. The molecule has 4 nitrogen and oxygen atoms in total. The number of carbonyl (C=O) groups excluding carboxylic acids is 1. The number of hydrogen-bond acceptors (Lipinski definition) is 3. The van der Waals surface area contributed by atoms with Gasteiger partial charge in [-0.15, -0.1) is 0 Å². The van der Waals surface area contributed by atoms with Gasteiger partial charge in [0.15, 0.2) is 0 Å². The van der Waals surface area contributed by atoms with Crippen LogP contribution in [0.15, 0.2) is 42.7 Å². The molecule has 6 heteroatoms. The number of nitrogens with one attached hydrogen (secondary N) is 1. The topological polar surface area (TPSA) is 45.2 Å². The van der Waals surface area contributed by atoms with Crippen LogP contribution in [0.4, 0.5) is 0 Å². The van der Waals surface area contributed by atoms with Gasteiger partial charge in [0.1, 0.15) is 0 Å². The number of halogens is 2. The Morgan fingerprint density at radius 2 is 2.08 bits per heavy atom. The lowest BCUT2D eigenvalue weighted by Gasteiger charge is -2.16. The summed E-state index contributed by atoms with van der Waals surface area (Å²) in [6.45, 7) is 3.58. The first-order chi connectivity index (χ1) is 11.6. The third-order valence-electron chi connectivity index (χ3n) is 4.17. The number of hydrogen-bond donors (Lipinski definition) is 1. The number of likely N-dealkylation sites (tertiary alicyclic amines) is 1. The Morgan fingerprint density at radius 1 is 1.29 bits per heavy atom. The minimum absolute atomic E-state index is 0.134. The van der Waals surface area contributed by atoms with Crippen molar-refractivity contribution in [3.05, 3.63) is 63.9 Å². The number of benzene rings is 1. The summed E-state index contributed by atoms with van der Waals surface area (Å²) in [6, 6.07) is 8.93. The van der Waals surface area contributed by atoms with Gasteiger partial charge >= 0.3 is 0 Å². The monoisotopic (exact) mass is 363 g/mol. The predicted octanol–water partition coefficient (Wildman–Crippen LogP) is 3.64. The third-order valence-corrected chi connectivity index (χ3v) is 4.61. The van der Waals surface area contributed by atoms with E-state index in [2.05, 4.69) is 21.3 Å². The van der Waals surface area contributed by atoms with E-state index in [9.17, 15) is 4.79 Å². The Kier molecular flexibility index (Phi) is 5.72. The maximum Gasteiger partial charge on any atom is 0.251 e. The molecule has 1 aromatic carbocycles. The Bertz CT molecular complexity index is 688. The fourth-order valence-corrected chi connectivity index (χ4v) is 3.52. The largest absolute Gasteiger partial charge is 0.352 e. The first-order valence-electron chi connectivity index (χ1n) is 7.96. The van der Waals surface area contributed by atoms with Gasteiger partial charge < -0.3 is 5.32 Å². The number of aromatic nitrogens is 1. The van der Waals surface area contributed by atoms with Crippen LogP contribution in [0.2, 0.25) is 10.0 Å². The molecule has 2 aromatic rings. The minimum atomic E-state index is -0.134. The molecule has 1 N–H and O–H groups in total. The molecule has 0 aliphatic carbocycles. The van der Waals surface area contributed by atoms with Crippen LogP contribution >= 0.6 is 23.2 Å².